The Morgan fingerprint density at radius 2 is 1.10 bits per heavy atom. The lowest BCUT2D eigenvalue weighted by Gasteiger charge is -2.26. The molecule has 0 aromatic heterocycles. The van der Waals surface area contributed by atoms with Gasteiger partial charge in [-0.2, -0.15) is 16.8 Å². The summed E-state index contributed by atoms with van der Waals surface area (Å²) in [7, 11) is -10.3. The first-order chi connectivity index (χ1) is 18.9. The zero-order chi connectivity index (χ0) is 31.3. The van der Waals surface area contributed by atoms with Gasteiger partial charge in [0.15, 0.2) is 9.79 Å². The van der Waals surface area contributed by atoms with Gasteiger partial charge in [0.2, 0.25) is 0 Å². The van der Waals surface area contributed by atoms with E-state index in [1.54, 1.807) is 0 Å². The molecule has 0 aliphatic rings. The first-order valence-electron chi connectivity index (χ1n) is 10.7. The van der Waals surface area contributed by atoms with Gasteiger partial charge in [-0.1, -0.05) is 0 Å². The minimum atomic E-state index is -5.13. The van der Waals surface area contributed by atoms with Crippen LogP contribution in [0.3, 0.4) is 0 Å². The molecule has 0 heterocycles. The molecule has 41 heavy (non-hydrogen) atoms. The van der Waals surface area contributed by atoms with Crippen LogP contribution < -0.4 is 0 Å². The average molecular weight is 622 g/mol. The van der Waals surface area contributed by atoms with Crippen LogP contribution in [-0.2, 0) is 38.1 Å². The van der Waals surface area contributed by atoms with Crippen molar-refractivity contribution in [3.05, 3.63) is 76.9 Å². The van der Waals surface area contributed by atoms with Crippen LogP contribution in [0.2, 0.25) is 0 Å². The first-order valence-corrected chi connectivity index (χ1v) is 13.5. The Labute approximate surface area is 229 Å². The first kappa shape index (κ1) is 32.5. The van der Waals surface area contributed by atoms with Crippen molar-refractivity contribution < 1.29 is 54.4 Å². The zero-order valence-corrected chi connectivity index (χ0v) is 22.4. The summed E-state index contributed by atoms with van der Waals surface area (Å²) < 4.78 is 65.3. The Morgan fingerprint density at radius 1 is 0.732 bits per heavy atom. The summed E-state index contributed by atoms with van der Waals surface area (Å²) in [6, 6.07) is 3.02. The third kappa shape index (κ3) is 7.50. The molecule has 0 amide bonds. The summed E-state index contributed by atoms with van der Waals surface area (Å²) >= 11 is 0. The Kier molecular flexibility index (Phi) is 9.71. The number of esters is 1. The molecule has 20 nitrogen and oxygen atoms in total. The molecule has 0 aliphatic carbocycles. The monoisotopic (exact) mass is 622 g/mol. The fourth-order valence-electron chi connectivity index (χ4n) is 2.95. The smallest absolute Gasteiger partial charge is 0.316 e. The molecule has 0 saturated carbocycles. The van der Waals surface area contributed by atoms with Crippen LogP contribution in [0.25, 0.3) is 0 Å². The second kappa shape index (κ2) is 12.2. The summed E-state index contributed by atoms with van der Waals surface area (Å²) in [4.78, 5) is 50.3. The molecule has 0 bridgehead atoms. The summed E-state index contributed by atoms with van der Waals surface area (Å²) in [6.45, 7) is -0.533. The number of hydrogen-bond acceptors (Lipinski definition) is 16. The predicted octanol–water partition coefficient (Wildman–Crippen LogP) is 2.00. The highest BCUT2D eigenvalue weighted by Gasteiger charge is 2.42. The van der Waals surface area contributed by atoms with Gasteiger partial charge in [-0.05, 0) is 26.0 Å². The molecule has 2 rings (SSSR count). The Bertz CT molecular complexity index is 1530. The van der Waals surface area contributed by atoms with E-state index >= 15 is 0 Å². The number of ether oxygens (including phenoxy) is 1. The van der Waals surface area contributed by atoms with Gasteiger partial charge < -0.3 is 4.74 Å². The number of nitrogens with zero attached hydrogens (tertiary/aromatic N) is 4. The highest BCUT2D eigenvalue weighted by molar-refractivity contribution is 7.87. The lowest BCUT2D eigenvalue weighted by Crippen LogP contribution is -2.40. The molecule has 2 aromatic rings. The van der Waals surface area contributed by atoms with E-state index in [2.05, 4.69) is 0 Å². The fourth-order valence-corrected chi connectivity index (χ4v) is 5.29. The molecule has 22 heteroatoms. The highest BCUT2D eigenvalue weighted by Crippen LogP contribution is 2.33. The Balaban J connectivity index is 2.43. The van der Waals surface area contributed by atoms with E-state index in [4.69, 9.17) is 13.1 Å². The lowest BCUT2D eigenvalue weighted by atomic mass is 9.93. The van der Waals surface area contributed by atoms with Crippen LogP contribution in [0, 0.1) is 45.9 Å². The number of nitro groups is 4. The highest BCUT2D eigenvalue weighted by atomic mass is 32.2. The minimum absolute atomic E-state index is 0.296. The van der Waals surface area contributed by atoms with Gasteiger partial charge in [0.25, 0.3) is 22.7 Å². The third-order valence-electron chi connectivity index (χ3n) is 5.07. The third-order valence-corrected chi connectivity index (χ3v) is 7.70. The maximum atomic E-state index is 12.8. The molecular formula is C19H18N4O16S2. The number of nitro benzene ring substituents is 4. The SMILES string of the molecule is CCOC(=O)C(C)(COS(=O)(=O)c1ccc([N+](=O)[O-])cc1[N+](=O)[O-])COS(=O)(=O)c1ccc([N+](=O)[O-])cc1[N+](=O)[O-]. The van der Waals surface area contributed by atoms with Crippen molar-refractivity contribution in [1.29, 1.82) is 0 Å². The van der Waals surface area contributed by atoms with E-state index in [0.717, 1.165) is 6.92 Å². The second-order valence-corrected chi connectivity index (χ2v) is 11.2. The van der Waals surface area contributed by atoms with Crippen molar-refractivity contribution >= 4 is 49.0 Å². The van der Waals surface area contributed by atoms with E-state index in [1.807, 2.05) is 0 Å². The Hall–Kier alpha value is -4.67. The molecule has 0 atom stereocenters. The van der Waals surface area contributed by atoms with E-state index in [0.29, 0.717) is 36.4 Å². The molecule has 0 saturated heterocycles. The minimum Gasteiger partial charge on any atom is -0.465 e. The van der Waals surface area contributed by atoms with Gasteiger partial charge in [0.05, 0.1) is 51.6 Å². The standard InChI is InChI=1S/C19H18N4O16S2/c1-3-37-18(24)19(2,10-38-40(33,34)16-6-4-12(20(25)26)8-14(16)22(29)30)11-39-41(35,36)17-7-5-13(21(27)28)9-15(17)23(31)32/h4-9H,3,10-11H2,1-2H3. The summed E-state index contributed by atoms with van der Waals surface area (Å²) in [5.74, 6) is -1.28. The maximum Gasteiger partial charge on any atom is 0.316 e. The number of benzene rings is 2. The van der Waals surface area contributed by atoms with E-state index in [-0.39, 0.29) is 6.61 Å². The zero-order valence-electron chi connectivity index (χ0n) is 20.7. The normalized spacial score (nSPS) is 12.0. The molecule has 222 valence electrons. The summed E-state index contributed by atoms with van der Waals surface area (Å²) in [5.41, 5.74) is -6.39. The van der Waals surface area contributed by atoms with Crippen molar-refractivity contribution in [3.8, 4) is 0 Å². The van der Waals surface area contributed by atoms with Gasteiger partial charge in [0.1, 0.15) is 5.41 Å². The predicted molar refractivity (Wildman–Crippen MR) is 131 cm³/mol. The van der Waals surface area contributed by atoms with Gasteiger partial charge >= 0.3 is 26.2 Å². The van der Waals surface area contributed by atoms with Crippen LogP contribution in [0.15, 0.2) is 46.2 Å². The quantitative estimate of drug-likeness (QED) is 0.126. The molecule has 0 fully saturated rings. The summed E-state index contributed by atoms with van der Waals surface area (Å²) in [6.07, 6.45) is 0. The van der Waals surface area contributed by atoms with Crippen LogP contribution in [0.5, 0.6) is 0 Å². The van der Waals surface area contributed by atoms with Gasteiger partial charge in [-0.15, -0.1) is 0 Å². The average Bonchev–Trinajstić information content (AvgIpc) is 2.90. The van der Waals surface area contributed by atoms with E-state index in [9.17, 15) is 62.1 Å². The Morgan fingerprint density at radius 3 is 1.39 bits per heavy atom. The van der Waals surface area contributed by atoms with Crippen LogP contribution in [0.1, 0.15) is 13.8 Å². The molecule has 2 aromatic carbocycles. The van der Waals surface area contributed by atoms with Crippen molar-refractivity contribution in [2.24, 2.45) is 5.41 Å². The van der Waals surface area contributed by atoms with Crippen molar-refractivity contribution in [2.45, 2.75) is 23.6 Å². The van der Waals surface area contributed by atoms with Crippen molar-refractivity contribution in [3.63, 3.8) is 0 Å². The molecular weight excluding hydrogens is 604 g/mol. The largest absolute Gasteiger partial charge is 0.465 e. The number of non-ortho nitro benzene ring substituents is 2. The topological polar surface area (TPSA) is 286 Å². The molecule has 0 radical (unpaired) electrons. The fraction of sp³-hybridized carbons (Fsp3) is 0.316. The van der Waals surface area contributed by atoms with Crippen LogP contribution in [-0.4, -0.2) is 62.3 Å². The van der Waals surface area contributed by atoms with E-state index < -0.39 is 97.1 Å². The van der Waals surface area contributed by atoms with Gasteiger partial charge in [0, 0.05) is 12.1 Å². The summed E-state index contributed by atoms with van der Waals surface area (Å²) in [5, 5.41) is 44.5. The molecule has 0 spiro atoms. The number of carbonyl (C=O) groups excluding carboxylic acids is 1. The molecule has 0 unspecified atom stereocenters. The lowest BCUT2D eigenvalue weighted by molar-refractivity contribution is -0.396. The van der Waals surface area contributed by atoms with Crippen LogP contribution in [0.4, 0.5) is 22.7 Å². The van der Waals surface area contributed by atoms with Crippen LogP contribution >= 0.6 is 0 Å². The second-order valence-electron chi connectivity index (χ2n) is 8.05. The van der Waals surface area contributed by atoms with Gasteiger partial charge in [-0.25, -0.2) is 0 Å². The van der Waals surface area contributed by atoms with Crippen molar-refractivity contribution in [1.82, 2.24) is 0 Å². The number of rotatable bonds is 14. The maximum absolute atomic E-state index is 12.8. The van der Waals surface area contributed by atoms with Crippen molar-refractivity contribution in [2.75, 3.05) is 19.8 Å². The van der Waals surface area contributed by atoms with Gasteiger partial charge in [-0.3, -0.25) is 53.6 Å². The van der Waals surface area contributed by atoms with E-state index in [1.165, 1.54) is 6.92 Å². The molecule has 0 aliphatic heterocycles. The number of hydrogen-bond donors (Lipinski definition) is 0. The molecule has 0 N–H and O–H groups in total. The number of carbonyl (C=O) groups is 1.